The maximum atomic E-state index is 12.4. The molecule has 27 heavy (non-hydrogen) atoms. The van der Waals surface area contributed by atoms with E-state index in [1.807, 2.05) is 0 Å². The summed E-state index contributed by atoms with van der Waals surface area (Å²) >= 11 is 0. The normalized spacial score (nSPS) is 11.0. The van der Waals surface area contributed by atoms with Crippen molar-refractivity contribution in [3.63, 3.8) is 0 Å². The Balaban J connectivity index is 1.96. The Morgan fingerprint density at radius 1 is 1.07 bits per heavy atom. The van der Waals surface area contributed by atoms with Crippen LogP contribution in [0.25, 0.3) is 0 Å². The predicted molar refractivity (Wildman–Crippen MR) is 98.7 cm³/mol. The molecule has 0 unspecified atom stereocenters. The quantitative estimate of drug-likeness (QED) is 0.584. The number of carbonyl (C=O) groups is 2. The number of benzene rings is 2. The summed E-state index contributed by atoms with van der Waals surface area (Å²) in [6.45, 7) is 1.61. The van der Waals surface area contributed by atoms with Crippen molar-refractivity contribution in [2.24, 2.45) is 0 Å². The molecule has 0 aromatic heterocycles. The fourth-order valence-electron chi connectivity index (χ4n) is 2.45. The van der Waals surface area contributed by atoms with Crippen LogP contribution < -0.4 is 14.8 Å². The number of hydrogen-bond donors (Lipinski definition) is 3. The van der Waals surface area contributed by atoms with Gasteiger partial charge >= 0.3 is 5.97 Å². The van der Waals surface area contributed by atoms with Gasteiger partial charge in [0.2, 0.25) is 10.0 Å². The summed E-state index contributed by atoms with van der Waals surface area (Å²) in [5, 5.41) is 11.6. The minimum Gasteiger partial charge on any atom is -0.497 e. The lowest BCUT2D eigenvalue weighted by molar-refractivity contribution is 0.0691. The molecule has 0 aliphatic heterocycles. The Hall–Kier alpha value is -2.91. The number of nitrogens with one attached hydrogen (secondary N) is 2. The predicted octanol–water partition coefficient (Wildman–Crippen LogP) is 1.41. The average Bonchev–Trinajstić information content (AvgIpc) is 2.64. The Labute approximate surface area is 157 Å². The van der Waals surface area contributed by atoms with Gasteiger partial charge in [-0.2, -0.15) is 0 Å². The standard InChI is InChI=1S/C18H20N2O6S/c1-12-11-13(26-2)7-8-16(12)27(24,25)20-10-9-19-17(21)14-5-3-4-6-15(14)18(22)23/h3-8,11,20H,9-10H2,1-2H3,(H,19,21)(H,22,23). The van der Waals surface area contributed by atoms with Crippen LogP contribution in [0.1, 0.15) is 26.3 Å². The first kappa shape index (κ1) is 20.4. The lowest BCUT2D eigenvalue weighted by Gasteiger charge is -2.11. The molecule has 144 valence electrons. The van der Waals surface area contributed by atoms with E-state index in [2.05, 4.69) is 10.0 Å². The van der Waals surface area contributed by atoms with Crippen LogP contribution in [0.15, 0.2) is 47.4 Å². The SMILES string of the molecule is COc1ccc(S(=O)(=O)NCCNC(=O)c2ccccc2C(=O)O)c(C)c1. The third-order valence-electron chi connectivity index (χ3n) is 3.78. The molecular formula is C18H20N2O6S. The Kier molecular flexibility index (Phi) is 6.54. The molecule has 0 radical (unpaired) electrons. The second kappa shape index (κ2) is 8.65. The van der Waals surface area contributed by atoms with E-state index >= 15 is 0 Å². The first-order valence-electron chi connectivity index (χ1n) is 8.01. The molecule has 0 bridgehead atoms. The van der Waals surface area contributed by atoms with Gasteiger partial charge in [-0.3, -0.25) is 4.79 Å². The van der Waals surface area contributed by atoms with E-state index in [4.69, 9.17) is 9.84 Å². The molecule has 9 heteroatoms. The molecule has 2 rings (SSSR count). The van der Waals surface area contributed by atoms with Gasteiger partial charge in [0.25, 0.3) is 5.91 Å². The molecule has 0 aliphatic carbocycles. The Morgan fingerprint density at radius 2 is 1.74 bits per heavy atom. The van der Waals surface area contributed by atoms with Crippen LogP contribution in [0.4, 0.5) is 0 Å². The zero-order chi connectivity index (χ0) is 20.0. The molecular weight excluding hydrogens is 372 g/mol. The van der Waals surface area contributed by atoms with E-state index in [1.165, 1.54) is 31.4 Å². The van der Waals surface area contributed by atoms with Gasteiger partial charge < -0.3 is 15.2 Å². The van der Waals surface area contributed by atoms with E-state index in [9.17, 15) is 18.0 Å². The van der Waals surface area contributed by atoms with E-state index in [0.717, 1.165) is 0 Å². The number of ether oxygens (including phenoxy) is 1. The number of carbonyl (C=O) groups excluding carboxylic acids is 1. The first-order valence-corrected chi connectivity index (χ1v) is 9.49. The third-order valence-corrected chi connectivity index (χ3v) is 5.40. The molecule has 2 aromatic rings. The largest absolute Gasteiger partial charge is 0.497 e. The molecule has 0 saturated heterocycles. The van der Waals surface area contributed by atoms with Crippen LogP contribution in [0.5, 0.6) is 5.75 Å². The van der Waals surface area contributed by atoms with Crippen LogP contribution in [0.3, 0.4) is 0 Å². The second-order valence-electron chi connectivity index (χ2n) is 5.64. The summed E-state index contributed by atoms with van der Waals surface area (Å²) in [5.74, 6) is -1.25. The van der Waals surface area contributed by atoms with Crippen molar-refractivity contribution in [2.45, 2.75) is 11.8 Å². The molecule has 2 aromatic carbocycles. The van der Waals surface area contributed by atoms with Gasteiger partial charge in [0.05, 0.1) is 23.1 Å². The molecule has 8 nitrogen and oxygen atoms in total. The van der Waals surface area contributed by atoms with E-state index in [1.54, 1.807) is 25.1 Å². The molecule has 0 heterocycles. The number of aromatic carboxylic acids is 1. The van der Waals surface area contributed by atoms with Crippen molar-refractivity contribution in [1.29, 1.82) is 0 Å². The molecule has 0 fully saturated rings. The zero-order valence-corrected chi connectivity index (χ0v) is 15.7. The molecule has 1 amide bonds. The summed E-state index contributed by atoms with van der Waals surface area (Å²) < 4.78 is 32.2. The minimum atomic E-state index is -3.75. The maximum Gasteiger partial charge on any atom is 0.336 e. The Morgan fingerprint density at radius 3 is 2.33 bits per heavy atom. The molecule has 0 saturated carbocycles. The smallest absolute Gasteiger partial charge is 0.336 e. The van der Waals surface area contributed by atoms with Crippen LogP contribution >= 0.6 is 0 Å². The van der Waals surface area contributed by atoms with Crippen molar-refractivity contribution < 1.29 is 27.9 Å². The van der Waals surface area contributed by atoms with Gasteiger partial charge in [0.1, 0.15) is 5.75 Å². The van der Waals surface area contributed by atoms with Crippen molar-refractivity contribution in [3.8, 4) is 5.75 Å². The lowest BCUT2D eigenvalue weighted by atomic mass is 10.1. The van der Waals surface area contributed by atoms with Crippen LogP contribution in [-0.4, -0.2) is 45.6 Å². The highest BCUT2D eigenvalue weighted by Gasteiger charge is 2.18. The van der Waals surface area contributed by atoms with Gasteiger partial charge in [0, 0.05) is 13.1 Å². The fraction of sp³-hybridized carbons (Fsp3) is 0.222. The number of carboxylic acids is 1. The minimum absolute atomic E-state index is 0.00121. The third kappa shape index (κ3) is 5.05. The van der Waals surface area contributed by atoms with E-state index in [-0.39, 0.29) is 29.1 Å². The number of methoxy groups -OCH3 is 1. The monoisotopic (exact) mass is 392 g/mol. The number of sulfonamides is 1. The highest BCUT2D eigenvalue weighted by molar-refractivity contribution is 7.89. The second-order valence-corrected chi connectivity index (χ2v) is 7.37. The first-order chi connectivity index (χ1) is 12.8. The summed E-state index contributed by atoms with van der Waals surface area (Å²) in [6.07, 6.45) is 0. The lowest BCUT2D eigenvalue weighted by Crippen LogP contribution is -2.35. The van der Waals surface area contributed by atoms with Crippen LogP contribution in [-0.2, 0) is 10.0 Å². The van der Waals surface area contributed by atoms with E-state index < -0.39 is 21.9 Å². The van der Waals surface area contributed by atoms with Crippen LogP contribution in [0.2, 0.25) is 0 Å². The van der Waals surface area contributed by atoms with Gasteiger partial charge in [-0.1, -0.05) is 12.1 Å². The summed E-state index contributed by atoms with van der Waals surface area (Å²) in [7, 11) is -2.26. The molecule has 3 N–H and O–H groups in total. The molecule has 0 aliphatic rings. The fourth-order valence-corrected chi connectivity index (χ4v) is 3.71. The van der Waals surface area contributed by atoms with Gasteiger partial charge in [-0.15, -0.1) is 0 Å². The van der Waals surface area contributed by atoms with E-state index in [0.29, 0.717) is 11.3 Å². The molecule has 0 atom stereocenters. The summed E-state index contributed by atoms with van der Waals surface area (Å²) in [4.78, 5) is 23.4. The summed E-state index contributed by atoms with van der Waals surface area (Å²) in [6, 6.07) is 10.4. The van der Waals surface area contributed by atoms with Crippen molar-refractivity contribution >= 4 is 21.9 Å². The van der Waals surface area contributed by atoms with Gasteiger partial charge in [-0.25, -0.2) is 17.9 Å². The van der Waals surface area contributed by atoms with Crippen molar-refractivity contribution in [1.82, 2.24) is 10.0 Å². The van der Waals surface area contributed by atoms with Crippen molar-refractivity contribution in [3.05, 3.63) is 59.2 Å². The topological polar surface area (TPSA) is 122 Å². The highest BCUT2D eigenvalue weighted by atomic mass is 32.2. The zero-order valence-electron chi connectivity index (χ0n) is 14.9. The maximum absolute atomic E-state index is 12.4. The number of amides is 1. The number of aryl methyl sites for hydroxylation is 1. The molecule has 0 spiro atoms. The number of rotatable bonds is 8. The summed E-state index contributed by atoms with van der Waals surface area (Å²) in [5.41, 5.74) is 0.421. The van der Waals surface area contributed by atoms with Gasteiger partial charge in [0.15, 0.2) is 0 Å². The number of hydrogen-bond acceptors (Lipinski definition) is 5. The number of carboxylic acid groups (broad SMARTS) is 1. The Bertz CT molecular complexity index is 956. The van der Waals surface area contributed by atoms with Crippen LogP contribution in [0, 0.1) is 6.92 Å². The highest BCUT2D eigenvalue weighted by Crippen LogP contribution is 2.20. The van der Waals surface area contributed by atoms with Gasteiger partial charge in [-0.05, 0) is 42.8 Å². The average molecular weight is 392 g/mol. The van der Waals surface area contributed by atoms with Crippen molar-refractivity contribution in [2.75, 3.05) is 20.2 Å².